The first-order valence-corrected chi connectivity index (χ1v) is 11.6. The molecule has 3 heteroatoms. The summed E-state index contributed by atoms with van der Waals surface area (Å²) in [5, 5.41) is 3.80. The van der Waals surface area contributed by atoms with Crippen molar-refractivity contribution in [3.63, 3.8) is 0 Å². The summed E-state index contributed by atoms with van der Waals surface area (Å²) in [6.45, 7) is 0. The maximum Gasteiger partial charge on any atom is 0.0576 e. The lowest BCUT2D eigenvalue weighted by Crippen LogP contribution is -2.59. The third-order valence-electron chi connectivity index (χ3n) is 8.13. The zero-order valence-electron chi connectivity index (χ0n) is 16.8. The van der Waals surface area contributed by atoms with Crippen molar-refractivity contribution in [2.24, 2.45) is 11.8 Å². The SMILES string of the molecule is Nc1ccccc1N[C@H]1C[C@H]2CCC[C@@H](C1)N2[C@@H]1C[C@@H]2CCCC[C@@H](C2)C1. The fourth-order valence-electron chi connectivity index (χ4n) is 7.09. The molecule has 1 aromatic carbocycles. The van der Waals surface area contributed by atoms with Crippen LogP contribution < -0.4 is 11.1 Å². The van der Waals surface area contributed by atoms with Crippen molar-refractivity contribution >= 4 is 11.4 Å². The number of nitrogens with one attached hydrogen (secondary N) is 1. The molecule has 2 aliphatic carbocycles. The second-order valence-electron chi connectivity index (χ2n) is 9.96. The largest absolute Gasteiger partial charge is 0.397 e. The van der Waals surface area contributed by atoms with Crippen LogP contribution in [0, 0.1) is 11.8 Å². The number of para-hydroxylation sites is 2. The van der Waals surface area contributed by atoms with Crippen molar-refractivity contribution in [1.29, 1.82) is 0 Å². The summed E-state index contributed by atoms with van der Waals surface area (Å²) in [7, 11) is 0. The van der Waals surface area contributed by atoms with Crippen molar-refractivity contribution in [3.8, 4) is 0 Å². The van der Waals surface area contributed by atoms with Crippen LogP contribution >= 0.6 is 0 Å². The van der Waals surface area contributed by atoms with Gasteiger partial charge in [-0.25, -0.2) is 0 Å². The molecule has 2 saturated carbocycles. The van der Waals surface area contributed by atoms with Crippen LogP contribution in [0.4, 0.5) is 11.4 Å². The summed E-state index contributed by atoms with van der Waals surface area (Å²) in [4.78, 5) is 3.04. The fraction of sp³-hybridized carbons (Fsp3) is 0.750. The molecule has 2 aliphatic heterocycles. The number of piperidine rings is 2. The minimum atomic E-state index is 0.590. The van der Waals surface area contributed by atoms with E-state index in [-0.39, 0.29) is 0 Å². The van der Waals surface area contributed by atoms with Crippen LogP contribution in [0.2, 0.25) is 0 Å². The van der Waals surface area contributed by atoms with Crippen LogP contribution in [0.5, 0.6) is 0 Å². The minimum Gasteiger partial charge on any atom is -0.397 e. The van der Waals surface area contributed by atoms with Gasteiger partial charge in [0.15, 0.2) is 0 Å². The molecule has 0 aromatic heterocycles. The predicted octanol–water partition coefficient (Wildman–Crippen LogP) is 5.43. The lowest BCUT2D eigenvalue weighted by atomic mass is 9.73. The average Bonchev–Trinajstić information content (AvgIpc) is 2.82. The molecule has 0 unspecified atom stereocenters. The second kappa shape index (κ2) is 7.66. The molecule has 4 aliphatic rings. The van der Waals surface area contributed by atoms with Crippen molar-refractivity contribution in [2.45, 2.75) is 101 Å². The van der Waals surface area contributed by atoms with Crippen LogP contribution in [-0.4, -0.2) is 29.1 Å². The van der Waals surface area contributed by atoms with E-state index in [0.717, 1.165) is 41.3 Å². The lowest BCUT2D eigenvalue weighted by Gasteiger charge is -2.54. The number of nitrogen functional groups attached to an aromatic ring is 1. The first kappa shape index (κ1) is 17.8. The summed E-state index contributed by atoms with van der Waals surface area (Å²) in [5.41, 5.74) is 8.22. The molecule has 2 heterocycles. The molecule has 2 saturated heterocycles. The standard InChI is InChI=1S/C24H37N3/c25-23-10-3-4-11-24(23)26-19-15-20-8-5-9-21(16-19)27(20)22-13-17-6-1-2-7-18(12-17)14-22/h3-4,10-11,17-22,26H,1-2,5-9,12-16,25H2/t17-,18+,19-,20+,21-,22-. The molecule has 3 nitrogen and oxygen atoms in total. The zero-order valence-corrected chi connectivity index (χ0v) is 16.8. The average molecular weight is 368 g/mol. The monoisotopic (exact) mass is 367 g/mol. The van der Waals surface area contributed by atoms with E-state index < -0.39 is 0 Å². The third kappa shape index (κ3) is 3.72. The van der Waals surface area contributed by atoms with Crippen LogP contribution in [-0.2, 0) is 0 Å². The quantitative estimate of drug-likeness (QED) is 0.700. The predicted molar refractivity (Wildman–Crippen MR) is 114 cm³/mol. The Bertz CT molecular complexity index is 616. The van der Waals surface area contributed by atoms with Crippen LogP contribution in [0.3, 0.4) is 0 Å². The van der Waals surface area contributed by atoms with Crippen LogP contribution in [0.25, 0.3) is 0 Å². The molecule has 4 fully saturated rings. The number of hydrogen-bond acceptors (Lipinski definition) is 3. The third-order valence-corrected chi connectivity index (χ3v) is 8.13. The summed E-state index contributed by atoms with van der Waals surface area (Å²) in [6, 6.07) is 11.3. The van der Waals surface area contributed by atoms with Crippen molar-refractivity contribution < 1.29 is 0 Å². The highest BCUT2D eigenvalue weighted by molar-refractivity contribution is 5.66. The maximum atomic E-state index is 6.19. The number of hydrogen-bond donors (Lipinski definition) is 2. The Morgan fingerprint density at radius 2 is 1.41 bits per heavy atom. The molecule has 0 spiro atoms. The summed E-state index contributed by atoms with van der Waals surface area (Å²) >= 11 is 0. The number of nitrogens with zero attached hydrogens (tertiary/aromatic N) is 1. The number of benzene rings is 1. The van der Waals surface area contributed by atoms with E-state index in [1.54, 1.807) is 0 Å². The van der Waals surface area contributed by atoms with E-state index in [1.807, 2.05) is 12.1 Å². The molecule has 0 radical (unpaired) electrons. The smallest absolute Gasteiger partial charge is 0.0576 e. The molecule has 148 valence electrons. The Kier molecular flexibility index (Phi) is 5.06. The molecule has 5 rings (SSSR count). The summed E-state index contributed by atoms with van der Waals surface area (Å²) < 4.78 is 0. The van der Waals surface area contributed by atoms with Gasteiger partial charge in [-0.2, -0.15) is 0 Å². The highest BCUT2D eigenvalue weighted by Crippen LogP contribution is 2.45. The van der Waals surface area contributed by atoms with Gasteiger partial charge >= 0.3 is 0 Å². The zero-order chi connectivity index (χ0) is 18.2. The van der Waals surface area contributed by atoms with Gasteiger partial charge in [0.25, 0.3) is 0 Å². The van der Waals surface area contributed by atoms with E-state index in [2.05, 4.69) is 22.3 Å². The Morgan fingerprint density at radius 3 is 2.07 bits per heavy atom. The highest BCUT2D eigenvalue weighted by atomic mass is 15.2. The fourth-order valence-corrected chi connectivity index (χ4v) is 7.09. The Labute approximate surface area is 165 Å². The maximum absolute atomic E-state index is 6.19. The van der Waals surface area contributed by atoms with Gasteiger partial charge in [-0.05, 0) is 68.9 Å². The molecule has 6 atom stereocenters. The van der Waals surface area contributed by atoms with Gasteiger partial charge in [0.2, 0.25) is 0 Å². The Morgan fingerprint density at radius 1 is 0.741 bits per heavy atom. The van der Waals surface area contributed by atoms with Gasteiger partial charge in [-0.1, -0.05) is 44.2 Å². The molecule has 0 amide bonds. The van der Waals surface area contributed by atoms with E-state index in [9.17, 15) is 0 Å². The molecule has 27 heavy (non-hydrogen) atoms. The summed E-state index contributed by atoms with van der Waals surface area (Å²) in [6.07, 6.45) is 17.4. The van der Waals surface area contributed by atoms with E-state index in [4.69, 9.17) is 5.73 Å². The van der Waals surface area contributed by atoms with Gasteiger partial charge in [-0.15, -0.1) is 0 Å². The van der Waals surface area contributed by atoms with Crippen molar-refractivity contribution in [2.75, 3.05) is 11.1 Å². The van der Waals surface area contributed by atoms with E-state index in [1.165, 1.54) is 77.0 Å². The molecule has 1 aromatic rings. The normalized spacial score (nSPS) is 39.6. The number of anilines is 2. The Balaban J connectivity index is 1.29. The van der Waals surface area contributed by atoms with E-state index >= 15 is 0 Å². The molecular formula is C24H37N3. The van der Waals surface area contributed by atoms with Gasteiger partial charge in [0.1, 0.15) is 0 Å². The van der Waals surface area contributed by atoms with Crippen LogP contribution in [0.15, 0.2) is 24.3 Å². The first-order chi connectivity index (χ1) is 13.3. The van der Waals surface area contributed by atoms with Crippen molar-refractivity contribution in [3.05, 3.63) is 24.3 Å². The summed E-state index contributed by atoms with van der Waals surface area (Å²) in [5.74, 6) is 2.05. The lowest BCUT2D eigenvalue weighted by molar-refractivity contribution is -0.0307. The molecule has 4 bridgehead atoms. The van der Waals surface area contributed by atoms with Gasteiger partial charge < -0.3 is 11.1 Å². The minimum absolute atomic E-state index is 0.590. The van der Waals surface area contributed by atoms with E-state index in [0.29, 0.717) is 6.04 Å². The second-order valence-corrected chi connectivity index (χ2v) is 9.96. The first-order valence-electron chi connectivity index (χ1n) is 11.6. The topological polar surface area (TPSA) is 41.3 Å². The van der Waals surface area contributed by atoms with Gasteiger partial charge in [0.05, 0.1) is 11.4 Å². The van der Waals surface area contributed by atoms with Gasteiger partial charge in [-0.3, -0.25) is 4.90 Å². The van der Waals surface area contributed by atoms with Gasteiger partial charge in [0, 0.05) is 24.2 Å². The highest BCUT2D eigenvalue weighted by Gasteiger charge is 2.44. The Hall–Kier alpha value is -1.22. The molecular weight excluding hydrogens is 330 g/mol. The molecule has 3 N–H and O–H groups in total. The van der Waals surface area contributed by atoms with Crippen LogP contribution in [0.1, 0.15) is 77.0 Å². The van der Waals surface area contributed by atoms with Crippen molar-refractivity contribution in [1.82, 2.24) is 4.90 Å². The number of fused-ring (bicyclic) bond motifs is 4. The number of rotatable bonds is 3. The number of nitrogens with two attached hydrogens (primary N) is 1.